The molecule has 2 unspecified atom stereocenters. The van der Waals surface area contributed by atoms with Crippen LogP contribution in [0.4, 0.5) is 0 Å². The van der Waals surface area contributed by atoms with Crippen molar-refractivity contribution in [3.8, 4) is 0 Å². The van der Waals surface area contributed by atoms with Crippen molar-refractivity contribution in [2.75, 3.05) is 13.2 Å². The standard InChI is InChI=1S/C94H179NO5/c1-3-5-7-9-11-13-15-17-19-21-23-24-25-41-44-47-51-54-58-62-66-70-74-78-82-86-92(97)91(90-96)95-93(98)87-83-79-75-71-67-63-59-55-52-48-45-42-39-37-35-33-31-29-27-26-28-30-32-34-36-38-40-43-46-49-53-57-61-65-69-73-77-81-85-89-100-94(99)88-84-80-76-72-68-64-60-56-50-22-20-18-16-14-12-10-8-6-4-2/h18,20,26-27,30,32,82,86,91-92,96-97H,3-17,19,21-25,28-29,31,33-81,83-85,87-90H2,1-2H3,(H,95,98)/b20-18-,27-26-,32-30-,86-82+. The zero-order valence-electron chi connectivity index (χ0n) is 68.0. The highest BCUT2D eigenvalue weighted by Crippen LogP contribution is 2.21. The highest BCUT2D eigenvalue weighted by Gasteiger charge is 2.18. The molecule has 0 rings (SSSR count). The molecule has 0 aromatic rings. The van der Waals surface area contributed by atoms with E-state index in [-0.39, 0.29) is 18.5 Å². The molecule has 6 heteroatoms. The normalized spacial score (nSPS) is 12.6. The smallest absolute Gasteiger partial charge is 0.305 e. The molecule has 3 N–H and O–H groups in total. The van der Waals surface area contributed by atoms with Crippen LogP contribution in [0.15, 0.2) is 48.6 Å². The largest absolute Gasteiger partial charge is 0.466 e. The second-order valence-corrected chi connectivity index (χ2v) is 31.6. The molecule has 0 aromatic carbocycles. The summed E-state index contributed by atoms with van der Waals surface area (Å²) in [6.07, 6.45) is 120. The molecule has 2 atom stereocenters. The van der Waals surface area contributed by atoms with Crippen LogP contribution in [0.3, 0.4) is 0 Å². The Morgan fingerprint density at radius 1 is 0.280 bits per heavy atom. The molecule has 0 aliphatic carbocycles. The van der Waals surface area contributed by atoms with Crippen molar-refractivity contribution in [1.82, 2.24) is 5.32 Å². The number of aliphatic hydroxyl groups excluding tert-OH is 2. The zero-order valence-corrected chi connectivity index (χ0v) is 68.0. The van der Waals surface area contributed by atoms with E-state index in [9.17, 15) is 19.8 Å². The predicted octanol–water partition coefficient (Wildman–Crippen LogP) is 31.1. The molecule has 0 heterocycles. The quantitative estimate of drug-likeness (QED) is 0.0320. The summed E-state index contributed by atoms with van der Waals surface area (Å²) in [5.41, 5.74) is 0. The molecule has 1 amide bonds. The van der Waals surface area contributed by atoms with Gasteiger partial charge in [-0.15, -0.1) is 0 Å². The van der Waals surface area contributed by atoms with Crippen LogP contribution in [0.2, 0.25) is 0 Å². The molecule has 0 radical (unpaired) electrons. The van der Waals surface area contributed by atoms with E-state index in [0.29, 0.717) is 19.4 Å². The number of amides is 1. The number of rotatable bonds is 87. The lowest BCUT2D eigenvalue weighted by molar-refractivity contribution is -0.143. The van der Waals surface area contributed by atoms with Crippen LogP contribution in [-0.2, 0) is 14.3 Å². The van der Waals surface area contributed by atoms with Crippen molar-refractivity contribution in [1.29, 1.82) is 0 Å². The Balaban J connectivity index is 3.37. The minimum atomic E-state index is -0.845. The summed E-state index contributed by atoms with van der Waals surface area (Å²) in [5.74, 6) is -0.0386. The molecule has 0 saturated carbocycles. The van der Waals surface area contributed by atoms with Gasteiger partial charge in [0, 0.05) is 12.8 Å². The van der Waals surface area contributed by atoms with Gasteiger partial charge in [0.05, 0.1) is 25.4 Å². The third-order valence-electron chi connectivity index (χ3n) is 21.6. The number of nitrogens with one attached hydrogen (secondary N) is 1. The van der Waals surface area contributed by atoms with Crippen molar-refractivity contribution in [3.05, 3.63) is 48.6 Å². The molecule has 0 aliphatic rings. The lowest BCUT2D eigenvalue weighted by Crippen LogP contribution is -2.45. The summed E-state index contributed by atoms with van der Waals surface area (Å²) in [4.78, 5) is 24.7. The monoisotopic (exact) mass is 1400 g/mol. The molecule has 6 nitrogen and oxygen atoms in total. The third kappa shape index (κ3) is 84.8. The fourth-order valence-corrected chi connectivity index (χ4v) is 14.6. The van der Waals surface area contributed by atoms with Crippen molar-refractivity contribution in [2.45, 2.75) is 527 Å². The summed E-state index contributed by atoms with van der Waals surface area (Å²) in [6, 6.07) is -0.628. The number of ether oxygens (including phenoxy) is 1. The summed E-state index contributed by atoms with van der Waals surface area (Å²) >= 11 is 0. The Labute approximate surface area is 626 Å². The van der Waals surface area contributed by atoms with Crippen molar-refractivity contribution in [3.63, 3.8) is 0 Å². The average Bonchev–Trinajstić information content (AvgIpc) is 1.80. The maximum atomic E-state index is 12.6. The van der Waals surface area contributed by atoms with E-state index in [1.807, 2.05) is 6.08 Å². The first-order valence-electron chi connectivity index (χ1n) is 45.9. The number of unbranched alkanes of at least 4 members (excludes halogenated alkanes) is 70. The molecule has 590 valence electrons. The Hall–Kier alpha value is -2.18. The van der Waals surface area contributed by atoms with E-state index in [0.717, 1.165) is 44.9 Å². The highest BCUT2D eigenvalue weighted by molar-refractivity contribution is 5.76. The number of carbonyl (C=O) groups is 2. The Bertz CT molecular complexity index is 1670. The molecule has 0 aliphatic heterocycles. The first kappa shape index (κ1) is 97.8. The van der Waals surface area contributed by atoms with Gasteiger partial charge in [-0.1, -0.05) is 461 Å². The lowest BCUT2D eigenvalue weighted by atomic mass is 10.0. The first-order valence-corrected chi connectivity index (χ1v) is 45.9. The van der Waals surface area contributed by atoms with Crippen LogP contribution in [-0.4, -0.2) is 47.4 Å². The Morgan fingerprint density at radius 3 is 0.770 bits per heavy atom. The third-order valence-corrected chi connectivity index (χ3v) is 21.6. The number of aliphatic hydroxyl groups is 2. The van der Waals surface area contributed by atoms with Crippen LogP contribution < -0.4 is 5.32 Å². The maximum Gasteiger partial charge on any atom is 0.305 e. The van der Waals surface area contributed by atoms with Gasteiger partial charge in [-0.25, -0.2) is 0 Å². The van der Waals surface area contributed by atoms with Gasteiger partial charge in [0.25, 0.3) is 0 Å². The van der Waals surface area contributed by atoms with Crippen LogP contribution in [0, 0.1) is 0 Å². The first-order chi connectivity index (χ1) is 49.5. The van der Waals surface area contributed by atoms with Gasteiger partial charge in [-0.2, -0.15) is 0 Å². The molecule has 100 heavy (non-hydrogen) atoms. The van der Waals surface area contributed by atoms with Crippen molar-refractivity contribution < 1.29 is 24.5 Å². The van der Waals surface area contributed by atoms with Crippen LogP contribution in [0.25, 0.3) is 0 Å². The minimum absolute atomic E-state index is 0.0207. The number of esters is 1. The van der Waals surface area contributed by atoms with Gasteiger partial charge < -0.3 is 20.3 Å². The second kappa shape index (κ2) is 89.2. The second-order valence-electron chi connectivity index (χ2n) is 31.6. The highest BCUT2D eigenvalue weighted by atomic mass is 16.5. The van der Waals surface area contributed by atoms with E-state index in [1.54, 1.807) is 6.08 Å². The Morgan fingerprint density at radius 2 is 0.500 bits per heavy atom. The van der Waals surface area contributed by atoms with Crippen LogP contribution in [0.5, 0.6) is 0 Å². The lowest BCUT2D eigenvalue weighted by Gasteiger charge is -2.20. The fraction of sp³-hybridized carbons (Fsp3) is 0.894. The van der Waals surface area contributed by atoms with Gasteiger partial charge in [0.2, 0.25) is 5.91 Å². The molecule has 0 fully saturated rings. The van der Waals surface area contributed by atoms with E-state index in [4.69, 9.17) is 4.74 Å². The average molecular weight is 1400 g/mol. The van der Waals surface area contributed by atoms with Gasteiger partial charge in [-0.05, 0) is 89.9 Å². The molecular weight excluding hydrogens is 1220 g/mol. The summed E-state index contributed by atoms with van der Waals surface area (Å²) in [6.45, 7) is 4.96. The van der Waals surface area contributed by atoms with Crippen molar-refractivity contribution >= 4 is 11.9 Å². The molecule has 0 bridgehead atoms. The van der Waals surface area contributed by atoms with Gasteiger partial charge >= 0.3 is 5.97 Å². The van der Waals surface area contributed by atoms with E-state index < -0.39 is 12.1 Å². The number of hydrogen-bond donors (Lipinski definition) is 3. The minimum Gasteiger partial charge on any atom is -0.466 e. The van der Waals surface area contributed by atoms with Gasteiger partial charge in [0.1, 0.15) is 0 Å². The van der Waals surface area contributed by atoms with Crippen molar-refractivity contribution in [2.24, 2.45) is 0 Å². The summed E-state index contributed by atoms with van der Waals surface area (Å²) < 4.78 is 5.52. The number of allylic oxidation sites excluding steroid dienone is 7. The number of carbonyl (C=O) groups excluding carboxylic acids is 2. The summed E-state index contributed by atoms with van der Waals surface area (Å²) in [5, 5.41) is 23.4. The molecule has 0 aromatic heterocycles. The van der Waals surface area contributed by atoms with E-state index in [1.165, 1.54) is 443 Å². The topological polar surface area (TPSA) is 95.9 Å². The number of hydrogen-bond acceptors (Lipinski definition) is 5. The van der Waals surface area contributed by atoms with Crippen LogP contribution >= 0.6 is 0 Å². The summed E-state index contributed by atoms with van der Waals surface area (Å²) in [7, 11) is 0. The maximum absolute atomic E-state index is 12.6. The van der Waals surface area contributed by atoms with E-state index in [2.05, 4.69) is 55.6 Å². The predicted molar refractivity (Wildman–Crippen MR) is 444 cm³/mol. The SMILES string of the molecule is CCCCCCCC/C=C\CCCCCCCCCCCC(=O)OCCCCCCCCCCCCCCCCC/C=C\C/C=C\CCCCCCCCCCCCCCCCCCCC(=O)NC(CO)C(O)/C=C/CCCCCCCCCCCCCCCCCCCCCCCCC. The van der Waals surface area contributed by atoms with Crippen LogP contribution in [0.1, 0.15) is 515 Å². The van der Waals surface area contributed by atoms with E-state index >= 15 is 0 Å². The fourth-order valence-electron chi connectivity index (χ4n) is 14.6. The molecule has 0 saturated heterocycles. The molecule has 0 spiro atoms. The zero-order chi connectivity index (χ0) is 71.9. The van der Waals surface area contributed by atoms with Gasteiger partial charge in [0.15, 0.2) is 0 Å². The Kier molecular flexibility index (Phi) is 87.3. The van der Waals surface area contributed by atoms with Gasteiger partial charge in [-0.3, -0.25) is 9.59 Å². The molecular formula is C94H179NO5.